The maximum atomic E-state index is 15.2. The molecule has 31 heavy (non-hydrogen) atoms. The Morgan fingerprint density at radius 2 is 1.97 bits per heavy atom. The highest BCUT2D eigenvalue weighted by molar-refractivity contribution is 5.92. The zero-order chi connectivity index (χ0) is 22.3. The second-order valence-electron chi connectivity index (χ2n) is 8.75. The van der Waals surface area contributed by atoms with Crippen molar-refractivity contribution in [2.75, 3.05) is 24.5 Å². The van der Waals surface area contributed by atoms with Gasteiger partial charge in [0.2, 0.25) is 5.43 Å². The Morgan fingerprint density at radius 3 is 2.61 bits per heavy atom. The van der Waals surface area contributed by atoms with Crippen LogP contribution in [0.15, 0.2) is 47.4 Å². The summed E-state index contributed by atoms with van der Waals surface area (Å²) in [4.78, 5) is 30.7. The van der Waals surface area contributed by atoms with E-state index in [4.69, 9.17) is 0 Å². The molecule has 7 nitrogen and oxygen atoms in total. The smallest absolute Gasteiger partial charge is 0.341 e. The molecular formula is C23H25FN4O3. The molecule has 2 aromatic heterocycles. The van der Waals surface area contributed by atoms with E-state index in [1.165, 1.54) is 6.20 Å². The van der Waals surface area contributed by atoms with E-state index in [0.717, 1.165) is 11.6 Å². The highest BCUT2D eigenvalue weighted by atomic mass is 19.1. The predicted octanol–water partition coefficient (Wildman–Crippen LogP) is 3.14. The molecule has 4 rings (SSSR count). The van der Waals surface area contributed by atoms with Gasteiger partial charge in [-0.15, -0.1) is 0 Å². The number of hydrogen-bond acceptors (Lipinski definition) is 5. The first-order valence-corrected chi connectivity index (χ1v) is 10.2. The maximum Gasteiger partial charge on any atom is 0.341 e. The Hall–Kier alpha value is -3.26. The normalized spacial score (nSPS) is 17.2. The van der Waals surface area contributed by atoms with Gasteiger partial charge in [0.1, 0.15) is 11.2 Å². The Kier molecular flexibility index (Phi) is 5.26. The summed E-state index contributed by atoms with van der Waals surface area (Å²) in [5, 5.41) is 12.8. The van der Waals surface area contributed by atoms with Crippen molar-refractivity contribution >= 4 is 22.8 Å². The van der Waals surface area contributed by atoms with Crippen LogP contribution >= 0.6 is 0 Å². The minimum Gasteiger partial charge on any atom is -0.477 e. The van der Waals surface area contributed by atoms with Crippen LogP contribution in [0.1, 0.15) is 42.7 Å². The zero-order valence-electron chi connectivity index (χ0n) is 17.7. The standard InChI is InChI=1S/C23H25FN4O3/c1-23(2,3)28-12-16(22(30)31)19(29)15-11-17(24)21(26-20(15)28)27-10-9-25-18(13-27)14-7-5-4-6-8-14/h4-8,11-12,18,25H,9-10,13H2,1-3H3,(H,30,31). The van der Waals surface area contributed by atoms with Gasteiger partial charge in [0.25, 0.3) is 0 Å². The lowest BCUT2D eigenvalue weighted by molar-refractivity contribution is 0.0694. The third-order valence-corrected chi connectivity index (χ3v) is 5.54. The number of carbonyl (C=O) groups is 1. The molecule has 1 aliphatic heterocycles. The third-order valence-electron chi connectivity index (χ3n) is 5.54. The first kappa shape index (κ1) is 21.0. The molecule has 0 aliphatic carbocycles. The molecule has 3 heterocycles. The molecule has 2 N–H and O–H groups in total. The number of benzene rings is 1. The number of halogens is 1. The lowest BCUT2D eigenvalue weighted by Gasteiger charge is -2.35. The van der Waals surface area contributed by atoms with E-state index in [2.05, 4.69) is 10.3 Å². The SMILES string of the molecule is CC(C)(C)n1cc(C(=O)O)c(=O)c2cc(F)c(N3CCNC(c4ccccc4)C3)nc21. The van der Waals surface area contributed by atoms with E-state index in [1.807, 2.05) is 56.0 Å². The summed E-state index contributed by atoms with van der Waals surface area (Å²) < 4.78 is 16.8. The number of nitrogens with zero attached hydrogens (tertiary/aromatic N) is 3. The molecule has 1 unspecified atom stereocenters. The molecule has 0 bridgehead atoms. The number of piperazine rings is 1. The van der Waals surface area contributed by atoms with E-state index in [-0.39, 0.29) is 22.9 Å². The van der Waals surface area contributed by atoms with Crippen molar-refractivity contribution in [1.82, 2.24) is 14.9 Å². The number of carboxylic acid groups (broad SMARTS) is 1. The highest BCUT2D eigenvalue weighted by Gasteiger charge is 2.27. The van der Waals surface area contributed by atoms with Gasteiger partial charge in [-0.2, -0.15) is 0 Å². The van der Waals surface area contributed by atoms with E-state index in [0.29, 0.717) is 19.6 Å². The van der Waals surface area contributed by atoms with Crippen LogP contribution in [0.4, 0.5) is 10.2 Å². The average molecular weight is 424 g/mol. The van der Waals surface area contributed by atoms with Crippen LogP contribution in [0, 0.1) is 5.82 Å². The van der Waals surface area contributed by atoms with Crippen molar-refractivity contribution in [3.63, 3.8) is 0 Å². The summed E-state index contributed by atoms with van der Waals surface area (Å²) in [7, 11) is 0. The van der Waals surface area contributed by atoms with Gasteiger partial charge in [-0.1, -0.05) is 30.3 Å². The first-order chi connectivity index (χ1) is 14.7. The number of rotatable bonds is 3. The van der Waals surface area contributed by atoms with Crippen molar-refractivity contribution < 1.29 is 14.3 Å². The Morgan fingerprint density at radius 1 is 1.26 bits per heavy atom. The molecule has 1 saturated heterocycles. The fraction of sp³-hybridized carbons (Fsp3) is 0.348. The predicted molar refractivity (Wildman–Crippen MR) is 117 cm³/mol. The van der Waals surface area contributed by atoms with Crippen LogP contribution in [-0.4, -0.2) is 40.3 Å². The molecule has 0 spiro atoms. The Bertz CT molecular complexity index is 1200. The molecule has 0 radical (unpaired) electrons. The van der Waals surface area contributed by atoms with Crippen molar-refractivity contribution in [2.45, 2.75) is 32.4 Å². The number of hydrogen-bond donors (Lipinski definition) is 2. The van der Waals surface area contributed by atoms with Gasteiger partial charge in [0, 0.05) is 37.4 Å². The second-order valence-corrected chi connectivity index (χ2v) is 8.75. The summed E-state index contributed by atoms with van der Waals surface area (Å²) in [6.45, 7) is 7.37. The van der Waals surface area contributed by atoms with Crippen molar-refractivity contribution in [3.8, 4) is 0 Å². The molecule has 1 atom stereocenters. The molecule has 8 heteroatoms. The number of nitrogens with one attached hydrogen (secondary N) is 1. The van der Waals surface area contributed by atoms with Gasteiger partial charge in [-0.05, 0) is 32.4 Å². The molecule has 162 valence electrons. The van der Waals surface area contributed by atoms with Crippen molar-refractivity contribution in [3.05, 3.63) is 69.8 Å². The maximum absolute atomic E-state index is 15.2. The molecule has 3 aromatic rings. The van der Waals surface area contributed by atoms with Gasteiger partial charge < -0.3 is 19.9 Å². The van der Waals surface area contributed by atoms with Crippen LogP contribution < -0.4 is 15.6 Å². The molecule has 1 fully saturated rings. The number of carboxylic acids is 1. The largest absolute Gasteiger partial charge is 0.477 e. The Balaban J connectivity index is 1.84. The number of aromatic nitrogens is 2. The summed E-state index contributed by atoms with van der Waals surface area (Å²) in [5.74, 6) is -1.82. The molecule has 0 saturated carbocycles. The van der Waals surface area contributed by atoms with Crippen molar-refractivity contribution in [2.24, 2.45) is 0 Å². The summed E-state index contributed by atoms with van der Waals surface area (Å²) >= 11 is 0. The minimum absolute atomic E-state index is 0.0195. The summed E-state index contributed by atoms with van der Waals surface area (Å²) in [5.41, 5.74) is -0.320. The molecule has 1 aliphatic rings. The average Bonchev–Trinajstić information content (AvgIpc) is 2.73. The number of fused-ring (bicyclic) bond motifs is 1. The minimum atomic E-state index is -1.35. The second kappa shape index (κ2) is 7.77. The lowest BCUT2D eigenvalue weighted by atomic mass is 10.0. The monoisotopic (exact) mass is 424 g/mol. The molecular weight excluding hydrogens is 399 g/mol. The van der Waals surface area contributed by atoms with Gasteiger partial charge in [-0.3, -0.25) is 4.79 Å². The van der Waals surface area contributed by atoms with Gasteiger partial charge in [0.15, 0.2) is 11.6 Å². The van der Waals surface area contributed by atoms with E-state index in [9.17, 15) is 14.7 Å². The Labute approximate surface area is 179 Å². The fourth-order valence-corrected chi connectivity index (χ4v) is 3.95. The van der Waals surface area contributed by atoms with Crippen LogP contribution in [0.2, 0.25) is 0 Å². The zero-order valence-corrected chi connectivity index (χ0v) is 17.7. The van der Waals surface area contributed by atoms with Crippen LogP contribution in [0.25, 0.3) is 11.0 Å². The summed E-state index contributed by atoms with van der Waals surface area (Å²) in [6.07, 6.45) is 1.30. The number of aromatic carboxylic acids is 1. The van der Waals surface area contributed by atoms with Crippen LogP contribution in [0.5, 0.6) is 0 Å². The van der Waals surface area contributed by atoms with Gasteiger partial charge in [0.05, 0.1) is 5.39 Å². The van der Waals surface area contributed by atoms with Crippen LogP contribution in [0.3, 0.4) is 0 Å². The highest BCUT2D eigenvalue weighted by Crippen LogP contribution is 2.28. The fourth-order valence-electron chi connectivity index (χ4n) is 3.95. The topological polar surface area (TPSA) is 87.5 Å². The third kappa shape index (κ3) is 3.90. The van der Waals surface area contributed by atoms with E-state index in [1.54, 1.807) is 4.57 Å². The number of pyridine rings is 2. The van der Waals surface area contributed by atoms with E-state index >= 15 is 4.39 Å². The molecule has 1 aromatic carbocycles. The number of anilines is 1. The van der Waals surface area contributed by atoms with Gasteiger partial charge in [-0.25, -0.2) is 14.2 Å². The summed E-state index contributed by atoms with van der Waals surface area (Å²) in [6, 6.07) is 11.1. The van der Waals surface area contributed by atoms with Crippen molar-refractivity contribution in [1.29, 1.82) is 0 Å². The first-order valence-electron chi connectivity index (χ1n) is 10.2. The van der Waals surface area contributed by atoms with Gasteiger partial charge >= 0.3 is 5.97 Å². The van der Waals surface area contributed by atoms with E-state index < -0.39 is 28.3 Å². The lowest BCUT2D eigenvalue weighted by Crippen LogP contribution is -2.46. The molecule has 0 amide bonds. The van der Waals surface area contributed by atoms with Crippen LogP contribution in [-0.2, 0) is 5.54 Å². The quantitative estimate of drug-likeness (QED) is 0.672.